The van der Waals surface area contributed by atoms with Crippen molar-refractivity contribution >= 4 is 35.6 Å². The van der Waals surface area contributed by atoms with Crippen molar-refractivity contribution in [3.05, 3.63) is 57.5 Å². The van der Waals surface area contributed by atoms with Gasteiger partial charge < -0.3 is 14.4 Å². The molecule has 0 bridgehead atoms. The summed E-state index contributed by atoms with van der Waals surface area (Å²) in [5.41, 5.74) is 4.74. The second kappa shape index (κ2) is 8.69. The van der Waals surface area contributed by atoms with Crippen molar-refractivity contribution in [2.24, 2.45) is 16.3 Å². The van der Waals surface area contributed by atoms with E-state index in [4.69, 9.17) is 14.3 Å². The maximum atomic E-state index is 12.0. The molecule has 2 aromatic heterocycles. The largest absolute Gasteiger partial charge is 0.493 e. The number of aromatic nitrogens is 3. The number of fused-ring (bicyclic) bond motifs is 3. The van der Waals surface area contributed by atoms with E-state index in [0.717, 1.165) is 32.9 Å². The molecule has 0 aliphatic carbocycles. The van der Waals surface area contributed by atoms with Crippen LogP contribution in [0.5, 0.6) is 0 Å². The zero-order valence-electron chi connectivity index (χ0n) is 20.8. The van der Waals surface area contributed by atoms with Gasteiger partial charge in [0.05, 0.1) is 11.6 Å². The number of carboxylic acids is 1. The fourth-order valence-corrected chi connectivity index (χ4v) is 5.71. The van der Waals surface area contributed by atoms with Crippen LogP contribution < -0.4 is 5.46 Å². The van der Waals surface area contributed by atoms with Gasteiger partial charge in [-0.2, -0.15) is 0 Å². The Kier molecular flexibility index (Phi) is 5.93. The lowest BCUT2D eigenvalue weighted by atomic mass is 9.75. The van der Waals surface area contributed by atoms with E-state index in [9.17, 15) is 9.90 Å². The smallest absolute Gasteiger partial charge is 0.481 e. The first-order chi connectivity index (χ1) is 16.6. The lowest BCUT2D eigenvalue weighted by Gasteiger charge is -2.33. The van der Waals surface area contributed by atoms with E-state index in [1.165, 1.54) is 4.88 Å². The Labute approximate surface area is 209 Å². The van der Waals surface area contributed by atoms with Gasteiger partial charge in [-0.15, -0.1) is 21.5 Å². The van der Waals surface area contributed by atoms with Gasteiger partial charge in [0, 0.05) is 34.6 Å². The SMILES string of the molecule is Cc1sc2c(c1C)C(c1ccc(B3OCC(C)(C)CO3)cc1)=NC([C@H](C)C(=O)O)c1nnc(C)n1-2. The molecule has 1 saturated heterocycles. The van der Waals surface area contributed by atoms with Crippen molar-refractivity contribution in [3.63, 3.8) is 0 Å². The minimum atomic E-state index is -0.923. The number of carbonyl (C=O) groups is 1. The molecule has 1 aromatic carbocycles. The van der Waals surface area contributed by atoms with Crippen LogP contribution in [0.25, 0.3) is 5.00 Å². The Morgan fingerprint density at radius 2 is 1.83 bits per heavy atom. The molecule has 2 atom stereocenters. The van der Waals surface area contributed by atoms with Gasteiger partial charge in [-0.25, -0.2) is 0 Å². The van der Waals surface area contributed by atoms with Crippen molar-refractivity contribution in [2.75, 3.05) is 13.2 Å². The Morgan fingerprint density at radius 1 is 1.17 bits per heavy atom. The van der Waals surface area contributed by atoms with E-state index >= 15 is 0 Å². The maximum absolute atomic E-state index is 12.0. The van der Waals surface area contributed by atoms with E-state index in [0.29, 0.717) is 24.9 Å². The topological polar surface area (TPSA) is 98.8 Å². The summed E-state index contributed by atoms with van der Waals surface area (Å²) in [6, 6.07) is 7.36. The van der Waals surface area contributed by atoms with Crippen LogP contribution >= 0.6 is 11.3 Å². The van der Waals surface area contributed by atoms with Gasteiger partial charge in [-0.3, -0.25) is 14.4 Å². The molecule has 0 amide bonds. The Balaban J connectivity index is 1.61. The van der Waals surface area contributed by atoms with Crippen molar-refractivity contribution < 1.29 is 19.2 Å². The van der Waals surface area contributed by atoms with Crippen molar-refractivity contribution in [1.82, 2.24) is 14.8 Å². The van der Waals surface area contributed by atoms with Crippen LogP contribution in [0.1, 0.15) is 60.0 Å². The fraction of sp³-hybridized carbons (Fsp3) is 0.440. The molecule has 4 heterocycles. The number of hydrogen-bond acceptors (Lipinski definition) is 7. The average molecular weight is 492 g/mol. The van der Waals surface area contributed by atoms with Gasteiger partial charge in [0.2, 0.25) is 0 Å². The number of aryl methyl sites for hydroxylation is 2. The first kappa shape index (κ1) is 23.9. The molecule has 1 fully saturated rings. The molecule has 2 aliphatic rings. The van der Waals surface area contributed by atoms with Crippen LogP contribution in [0.4, 0.5) is 0 Å². The molecular weight excluding hydrogens is 463 g/mol. The number of aliphatic carboxylic acids is 1. The summed E-state index contributed by atoms with van der Waals surface area (Å²) in [4.78, 5) is 18.2. The lowest BCUT2D eigenvalue weighted by Crippen LogP contribution is -2.47. The third kappa shape index (κ3) is 4.13. The zero-order chi connectivity index (χ0) is 25.1. The third-order valence-corrected chi connectivity index (χ3v) is 7.95. The molecule has 0 radical (unpaired) electrons. The number of nitrogens with zero attached hydrogens (tertiary/aromatic N) is 4. The lowest BCUT2D eigenvalue weighted by molar-refractivity contribution is -0.141. The van der Waals surface area contributed by atoms with Gasteiger partial charge in [0.1, 0.15) is 16.9 Å². The Morgan fingerprint density at radius 3 is 2.46 bits per heavy atom. The summed E-state index contributed by atoms with van der Waals surface area (Å²) in [7, 11) is -0.396. The van der Waals surface area contributed by atoms with Crippen molar-refractivity contribution in [3.8, 4) is 5.00 Å². The normalized spacial score (nSPS) is 20.0. The number of aliphatic imine (C=N–C) groups is 1. The van der Waals surface area contributed by atoms with Crippen molar-refractivity contribution in [1.29, 1.82) is 0 Å². The van der Waals surface area contributed by atoms with E-state index in [1.54, 1.807) is 18.3 Å². The highest BCUT2D eigenvalue weighted by Crippen LogP contribution is 2.40. The highest BCUT2D eigenvalue weighted by atomic mass is 32.1. The fourth-order valence-electron chi connectivity index (χ4n) is 4.50. The van der Waals surface area contributed by atoms with Gasteiger partial charge in [-0.1, -0.05) is 38.1 Å². The summed E-state index contributed by atoms with van der Waals surface area (Å²) in [6.45, 7) is 13.2. The summed E-state index contributed by atoms with van der Waals surface area (Å²) >= 11 is 1.65. The number of carboxylic acid groups (broad SMARTS) is 1. The predicted octanol–water partition coefficient (Wildman–Crippen LogP) is 3.64. The highest BCUT2D eigenvalue weighted by Gasteiger charge is 2.37. The quantitative estimate of drug-likeness (QED) is 0.559. The van der Waals surface area contributed by atoms with Crippen molar-refractivity contribution in [2.45, 2.75) is 47.6 Å². The molecule has 10 heteroatoms. The van der Waals surface area contributed by atoms with Gasteiger partial charge in [-0.05, 0) is 38.7 Å². The number of benzene rings is 1. The van der Waals surface area contributed by atoms with E-state index in [-0.39, 0.29) is 5.41 Å². The first-order valence-corrected chi connectivity index (χ1v) is 12.6. The van der Waals surface area contributed by atoms with E-state index in [2.05, 4.69) is 37.9 Å². The van der Waals surface area contributed by atoms with E-state index in [1.807, 2.05) is 35.8 Å². The van der Waals surface area contributed by atoms with Crippen LogP contribution in [0.3, 0.4) is 0 Å². The van der Waals surface area contributed by atoms with Gasteiger partial charge in [0.15, 0.2) is 5.82 Å². The summed E-state index contributed by atoms with van der Waals surface area (Å²) in [6.07, 6.45) is 0. The first-order valence-electron chi connectivity index (χ1n) is 11.7. The number of thiophene rings is 1. The van der Waals surface area contributed by atoms with Crippen LogP contribution in [0.2, 0.25) is 0 Å². The molecule has 1 N–H and O–H groups in total. The monoisotopic (exact) mass is 492 g/mol. The second-order valence-electron chi connectivity index (χ2n) is 10.2. The van der Waals surface area contributed by atoms with Crippen LogP contribution in [0, 0.1) is 32.1 Å². The highest BCUT2D eigenvalue weighted by molar-refractivity contribution is 7.15. The molecule has 0 spiro atoms. The minimum absolute atomic E-state index is 0.00363. The molecule has 35 heavy (non-hydrogen) atoms. The van der Waals surface area contributed by atoms with Crippen LogP contribution in [-0.2, 0) is 14.1 Å². The molecule has 1 unspecified atom stereocenters. The molecule has 182 valence electrons. The third-order valence-electron chi connectivity index (χ3n) is 6.76. The second-order valence-corrected chi connectivity index (χ2v) is 11.4. The molecular formula is C25H29BN4O4S. The summed E-state index contributed by atoms with van der Waals surface area (Å²) < 4.78 is 13.9. The molecule has 8 nitrogen and oxygen atoms in total. The van der Waals surface area contributed by atoms with E-state index < -0.39 is 25.0 Å². The van der Waals surface area contributed by atoms with Crippen LogP contribution in [0.15, 0.2) is 29.3 Å². The zero-order valence-corrected chi connectivity index (χ0v) is 21.6. The summed E-state index contributed by atoms with van der Waals surface area (Å²) in [5, 5.41) is 19.5. The average Bonchev–Trinajstić information content (AvgIpc) is 3.28. The summed E-state index contributed by atoms with van der Waals surface area (Å²) in [5.74, 6) is -0.424. The minimum Gasteiger partial charge on any atom is -0.481 e. The van der Waals surface area contributed by atoms with Gasteiger partial charge in [0.25, 0.3) is 0 Å². The molecule has 5 rings (SSSR count). The predicted molar refractivity (Wildman–Crippen MR) is 136 cm³/mol. The Bertz CT molecular complexity index is 1320. The number of rotatable bonds is 4. The van der Waals surface area contributed by atoms with Crippen LogP contribution in [-0.4, -0.2) is 51.9 Å². The maximum Gasteiger partial charge on any atom is 0.493 e. The molecule has 3 aromatic rings. The molecule has 0 saturated carbocycles. The Hall–Kier alpha value is -2.82. The van der Waals surface area contributed by atoms with Gasteiger partial charge >= 0.3 is 13.1 Å². The standard InChI is InChI=1S/C25H29BN4O4S/c1-13-15(3)35-23-19(13)21(27-20(14(2)24(31)32)22-29-28-16(4)30(22)23)17-7-9-18(10-8-17)26-33-11-25(5,6)12-34-26/h7-10,14,20H,11-12H2,1-6H3,(H,31,32)/t14-,20?/m0/s1. The number of hydrogen-bond donors (Lipinski definition) is 1. The molecule has 2 aliphatic heterocycles.